The van der Waals surface area contributed by atoms with E-state index in [9.17, 15) is 19.7 Å². The predicted molar refractivity (Wildman–Crippen MR) is 104 cm³/mol. The maximum absolute atomic E-state index is 12.2. The molecule has 0 aromatic heterocycles. The summed E-state index contributed by atoms with van der Waals surface area (Å²) in [5.74, 6) is -0.754. The monoisotopic (exact) mass is 472 g/mol. The summed E-state index contributed by atoms with van der Waals surface area (Å²) in [7, 11) is 2.85. The van der Waals surface area contributed by atoms with Crippen molar-refractivity contribution < 1.29 is 28.7 Å². The van der Waals surface area contributed by atoms with E-state index in [1.54, 1.807) is 0 Å². The second-order valence-electron chi connectivity index (χ2n) is 5.24. The molecule has 0 saturated heterocycles. The molecule has 148 valence electrons. The lowest BCUT2D eigenvalue weighted by atomic mass is 10.2. The molecule has 0 radical (unpaired) electrons. The molecule has 1 N–H and O–H groups in total. The second kappa shape index (κ2) is 9.38. The van der Waals surface area contributed by atoms with Crippen LogP contribution in [0.15, 0.2) is 34.8 Å². The van der Waals surface area contributed by atoms with Crippen molar-refractivity contribution in [1.29, 1.82) is 0 Å². The van der Waals surface area contributed by atoms with Crippen molar-refractivity contribution in [1.82, 2.24) is 0 Å². The summed E-state index contributed by atoms with van der Waals surface area (Å²) >= 11 is 8.99. The lowest BCUT2D eigenvalue weighted by Gasteiger charge is -2.11. The fraction of sp³-hybridized carbons (Fsp3) is 0.176. The quantitative estimate of drug-likeness (QED) is 0.369. The third-order valence-electron chi connectivity index (χ3n) is 3.44. The van der Waals surface area contributed by atoms with Crippen LogP contribution in [0, 0.1) is 10.1 Å². The van der Waals surface area contributed by atoms with E-state index in [0.717, 1.165) is 6.07 Å². The Morgan fingerprint density at radius 3 is 2.32 bits per heavy atom. The van der Waals surface area contributed by atoms with Crippen molar-refractivity contribution in [3.05, 3.63) is 55.5 Å². The molecule has 2 aromatic carbocycles. The van der Waals surface area contributed by atoms with Gasteiger partial charge in [0.25, 0.3) is 11.6 Å². The number of nitro groups is 1. The molecule has 2 aromatic rings. The van der Waals surface area contributed by atoms with Gasteiger partial charge in [-0.1, -0.05) is 11.6 Å². The number of benzene rings is 2. The van der Waals surface area contributed by atoms with Gasteiger partial charge in [-0.3, -0.25) is 14.9 Å². The van der Waals surface area contributed by atoms with Crippen LogP contribution < -0.4 is 14.8 Å². The minimum absolute atomic E-state index is 0.0624. The van der Waals surface area contributed by atoms with E-state index in [2.05, 4.69) is 21.2 Å². The van der Waals surface area contributed by atoms with Crippen LogP contribution in [-0.2, 0) is 9.53 Å². The van der Waals surface area contributed by atoms with Gasteiger partial charge in [0.15, 0.2) is 6.61 Å². The van der Waals surface area contributed by atoms with Gasteiger partial charge in [0, 0.05) is 11.8 Å². The summed E-state index contributed by atoms with van der Waals surface area (Å²) < 4.78 is 15.8. The zero-order chi connectivity index (χ0) is 20.8. The normalized spacial score (nSPS) is 10.1. The first-order chi connectivity index (χ1) is 13.3. The number of nitro benzene ring substituents is 1. The maximum Gasteiger partial charge on any atom is 0.338 e. The third kappa shape index (κ3) is 5.11. The number of halogens is 2. The topological polar surface area (TPSA) is 117 Å². The molecular formula is C17H14BrClN2O7. The molecule has 2 rings (SSSR count). The molecule has 0 saturated carbocycles. The van der Waals surface area contributed by atoms with Crippen molar-refractivity contribution >= 4 is 50.8 Å². The second-order valence-corrected chi connectivity index (χ2v) is 6.44. The molecule has 1 amide bonds. The Balaban J connectivity index is 2.04. The van der Waals surface area contributed by atoms with Crippen molar-refractivity contribution in [2.24, 2.45) is 0 Å². The number of hydrogen-bond donors (Lipinski definition) is 1. The molecule has 0 fully saturated rings. The van der Waals surface area contributed by atoms with E-state index in [-0.39, 0.29) is 22.0 Å². The Labute approximate surface area is 172 Å². The molecule has 0 spiro atoms. The Morgan fingerprint density at radius 2 is 1.79 bits per heavy atom. The third-order valence-corrected chi connectivity index (χ3v) is 4.54. The van der Waals surface area contributed by atoms with Crippen LogP contribution in [0.4, 0.5) is 11.4 Å². The molecule has 11 heteroatoms. The Bertz CT molecular complexity index is 911. The van der Waals surface area contributed by atoms with Crippen molar-refractivity contribution in [3.8, 4) is 11.5 Å². The summed E-state index contributed by atoms with van der Waals surface area (Å²) in [5, 5.41) is 13.2. The van der Waals surface area contributed by atoms with Gasteiger partial charge < -0.3 is 19.5 Å². The van der Waals surface area contributed by atoms with Crippen molar-refractivity contribution in [3.63, 3.8) is 0 Å². The number of rotatable bonds is 7. The number of amides is 1. The lowest BCUT2D eigenvalue weighted by Crippen LogP contribution is -2.21. The van der Waals surface area contributed by atoms with Crippen LogP contribution in [0.2, 0.25) is 5.02 Å². The van der Waals surface area contributed by atoms with Crippen molar-refractivity contribution in [2.45, 2.75) is 0 Å². The van der Waals surface area contributed by atoms with E-state index in [1.165, 1.54) is 38.5 Å². The van der Waals surface area contributed by atoms with Gasteiger partial charge in [-0.05, 0) is 40.2 Å². The van der Waals surface area contributed by atoms with E-state index >= 15 is 0 Å². The maximum atomic E-state index is 12.2. The van der Waals surface area contributed by atoms with Gasteiger partial charge in [0.2, 0.25) is 0 Å². The zero-order valence-corrected chi connectivity index (χ0v) is 17.0. The number of carbonyl (C=O) groups excluding carboxylic acids is 2. The number of ether oxygens (including phenoxy) is 3. The highest BCUT2D eigenvalue weighted by molar-refractivity contribution is 9.10. The van der Waals surface area contributed by atoms with Gasteiger partial charge in [-0.15, -0.1) is 0 Å². The van der Waals surface area contributed by atoms with Crippen LogP contribution in [0.3, 0.4) is 0 Å². The highest BCUT2D eigenvalue weighted by Crippen LogP contribution is 2.35. The number of anilines is 1. The molecule has 0 bridgehead atoms. The highest BCUT2D eigenvalue weighted by atomic mass is 79.9. The van der Waals surface area contributed by atoms with E-state index in [0.29, 0.717) is 16.0 Å². The van der Waals surface area contributed by atoms with Crippen LogP contribution in [-0.4, -0.2) is 37.6 Å². The number of esters is 1. The molecule has 0 heterocycles. The van der Waals surface area contributed by atoms with Gasteiger partial charge in [0.05, 0.1) is 24.7 Å². The molecule has 0 atom stereocenters. The van der Waals surface area contributed by atoms with E-state index in [4.69, 9.17) is 25.8 Å². The standard InChI is InChI=1S/C17H14BrClN2O7/c1-26-13-5-9(6-14(27-2)16(13)18)17(23)28-8-15(22)20-10-3-4-11(19)12(7-10)21(24)25/h3-7H,8H2,1-2H3,(H,20,22). The fourth-order valence-electron chi connectivity index (χ4n) is 2.13. The van der Waals surface area contributed by atoms with Gasteiger partial charge in [0.1, 0.15) is 21.0 Å². The van der Waals surface area contributed by atoms with Crippen LogP contribution in [0.5, 0.6) is 11.5 Å². The summed E-state index contributed by atoms with van der Waals surface area (Å²) in [6, 6.07) is 6.62. The Hall–Kier alpha value is -2.85. The average Bonchev–Trinajstić information content (AvgIpc) is 2.67. The van der Waals surface area contributed by atoms with Gasteiger partial charge in [-0.25, -0.2) is 4.79 Å². The zero-order valence-electron chi connectivity index (χ0n) is 14.7. The minimum Gasteiger partial charge on any atom is -0.495 e. The Morgan fingerprint density at radius 1 is 1.18 bits per heavy atom. The van der Waals surface area contributed by atoms with Crippen LogP contribution in [0.25, 0.3) is 0 Å². The number of methoxy groups -OCH3 is 2. The minimum atomic E-state index is -0.777. The van der Waals surface area contributed by atoms with E-state index < -0.39 is 23.4 Å². The largest absolute Gasteiger partial charge is 0.495 e. The molecule has 0 aliphatic rings. The van der Waals surface area contributed by atoms with Gasteiger partial charge >= 0.3 is 5.97 Å². The summed E-state index contributed by atoms with van der Waals surface area (Å²) in [4.78, 5) is 34.4. The number of carbonyl (C=O) groups is 2. The number of hydrogen-bond acceptors (Lipinski definition) is 7. The first-order valence-electron chi connectivity index (χ1n) is 7.59. The lowest BCUT2D eigenvalue weighted by molar-refractivity contribution is -0.384. The summed E-state index contributed by atoms with van der Waals surface area (Å²) in [6.07, 6.45) is 0. The number of nitrogens with zero attached hydrogens (tertiary/aromatic N) is 1. The highest BCUT2D eigenvalue weighted by Gasteiger charge is 2.18. The smallest absolute Gasteiger partial charge is 0.338 e. The summed E-state index contributed by atoms with van der Waals surface area (Å²) in [5.41, 5.74) is -0.0959. The molecule has 0 aliphatic carbocycles. The van der Waals surface area contributed by atoms with Crippen LogP contribution in [0.1, 0.15) is 10.4 Å². The molecule has 9 nitrogen and oxygen atoms in total. The first-order valence-corrected chi connectivity index (χ1v) is 8.76. The molecule has 0 aliphatic heterocycles. The SMILES string of the molecule is COc1cc(C(=O)OCC(=O)Nc2ccc(Cl)c([N+](=O)[O-])c2)cc(OC)c1Br. The first kappa shape index (κ1) is 21.5. The Kier molecular flexibility index (Phi) is 7.18. The number of nitrogens with one attached hydrogen (secondary N) is 1. The average molecular weight is 474 g/mol. The predicted octanol–water partition coefficient (Wildman–Crippen LogP) is 3.82. The molecule has 28 heavy (non-hydrogen) atoms. The molecular weight excluding hydrogens is 460 g/mol. The fourth-order valence-corrected chi connectivity index (χ4v) is 2.87. The molecule has 0 unspecified atom stereocenters. The van der Waals surface area contributed by atoms with Gasteiger partial charge in [-0.2, -0.15) is 0 Å². The van der Waals surface area contributed by atoms with Crippen molar-refractivity contribution in [2.75, 3.05) is 26.1 Å². The summed E-state index contributed by atoms with van der Waals surface area (Å²) in [6.45, 7) is -0.601. The van der Waals surface area contributed by atoms with Crippen LogP contribution >= 0.6 is 27.5 Å². The van der Waals surface area contributed by atoms with E-state index in [1.807, 2.05) is 0 Å².